The largest absolute Gasteiger partial charge is 0.508 e. The molecule has 4 nitrogen and oxygen atoms in total. The van der Waals surface area contributed by atoms with Crippen LogP contribution in [0.15, 0.2) is 17.1 Å². The molecule has 0 aromatic heterocycles. The summed E-state index contributed by atoms with van der Waals surface area (Å²) in [4.78, 5) is 16.7. The number of rotatable bonds is 4. The monoisotopic (exact) mass is 260 g/mol. The Morgan fingerprint density at radius 3 is 2.58 bits per heavy atom. The van der Waals surface area contributed by atoms with Gasteiger partial charge in [-0.2, -0.15) is 4.99 Å². The second-order valence-electron chi connectivity index (χ2n) is 5.56. The van der Waals surface area contributed by atoms with Crippen LogP contribution < -0.4 is 0 Å². The molecule has 0 atom stereocenters. The number of phenolic OH excluding ortho intramolecular Hbond substituents is 1. The van der Waals surface area contributed by atoms with Gasteiger partial charge in [0.25, 0.3) is 0 Å². The van der Waals surface area contributed by atoms with Crippen molar-refractivity contribution in [2.45, 2.75) is 38.3 Å². The van der Waals surface area contributed by atoms with Crippen molar-refractivity contribution >= 4 is 6.08 Å². The van der Waals surface area contributed by atoms with Gasteiger partial charge >= 0.3 is 0 Å². The molecular weight excluding hydrogens is 240 g/mol. The summed E-state index contributed by atoms with van der Waals surface area (Å²) in [6.45, 7) is 2.67. The van der Waals surface area contributed by atoms with Crippen LogP contribution in [0.3, 0.4) is 0 Å². The van der Waals surface area contributed by atoms with Crippen LogP contribution in [-0.2, 0) is 16.9 Å². The van der Waals surface area contributed by atoms with Crippen LogP contribution >= 0.6 is 0 Å². The van der Waals surface area contributed by atoms with Crippen molar-refractivity contribution in [3.63, 3.8) is 0 Å². The first-order valence-electron chi connectivity index (χ1n) is 6.56. The first-order chi connectivity index (χ1) is 9.00. The van der Waals surface area contributed by atoms with Crippen molar-refractivity contribution in [1.29, 1.82) is 0 Å². The number of phenols is 1. The van der Waals surface area contributed by atoms with Crippen LogP contribution in [0.1, 0.15) is 36.0 Å². The number of isocyanates is 1. The summed E-state index contributed by atoms with van der Waals surface area (Å²) in [7, 11) is 3.93. The van der Waals surface area contributed by atoms with Crippen LogP contribution in [0.25, 0.3) is 0 Å². The lowest BCUT2D eigenvalue weighted by molar-refractivity contribution is 0.254. The fourth-order valence-electron chi connectivity index (χ4n) is 2.80. The predicted molar refractivity (Wildman–Crippen MR) is 73.9 cm³/mol. The maximum absolute atomic E-state index is 10.7. The molecule has 0 aliphatic heterocycles. The fourth-order valence-corrected chi connectivity index (χ4v) is 2.80. The minimum Gasteiger partial charge on any atom is -0.508 e. The van der Waals surface area contributed by atoms with Gasteiger partial charge in [0, 0.05) is 12.1 Å². The van der Waals surface area contributed by atoms with Gasteiger partial charge in [-0.25, -0.2) is 4.79 Å². The van der Waals surface area contributed by atoms with Gasteiger partial charge in [0.05, 0.1) is 5.54 Å². The van der Waals surface area contributed by atoms with Crippen molar-refractivity contribution in [2.75, 3.05) is 14.1 Å². The van der Waals surface area contributed by atoms with E-state index in [-0.39, 0.29) is 0 Å². The molecule has 1 aliphatic carbocycles. The molecule has 0 amide bonds. The van der Waals surface area contributed by atoms with Crippen LogP contribution in [0.5, 0.6) is 5.75 Å². The molecule has 0 heterocycles. The van der Waals surface area contributed by atoms with Crippen molar-refractivity contribution in [3.05, 3.63) is 28.8 Å². The highest BCUT2D eigenvalue weighted by atomic mass is 16.3. The van der Waals surface area contributed by atoms with E-state index in [9.17, 15) is 9.90 Å². The Bertz CT molecular complexity index is 527. The first kappa shape index (κ1) is 13.8. The lowest BCUT2D eigenvalue weighted by Gasteiger charge is -2.38. The quantitative estimate of drug-likeness (QED) is 0.668. The summed E-state index contributed by atoms with van der Waals surface area (Å²) in [5, 5.41) is 10.0. The third kappa shape index (κ3) is 2.42. The molecule has 0 saturated heterocycles. The smallest absolute Gasteiger partial charge is 0.235 e. The zero-order valence-corrected chi connectivity index (χ0v) is 11.7. The molecule has 1 N–H and O–H groups in total. The summed E-state index contributed by atoms with van der Waals surface area (Å²) in [6, 6.07) is 3.60. The molecule has 1 aromatic carbocycles. The van der Waals surface area contributed by atoms with Gasteiger partial charge in [-0.3, -0.25) is 0 Å². The van der Waals surface area contributed by atoms with E-state index >= 15 is 0 Å². The van der Waals surface area contributed by atoms with Crippen molar-refractivity contribution < 1.29 is 9.90 Å². The van der Waals surface area contributed by atoms with Gasteiger partial charge in [0.2, 0.25) is 6.08 Å². The average Bonchev–Trinajstić information content (AvgIpc) is 2.30. The second kappa shape index (κ2) is 5.16. The topological polar surface area (TPSA) is 52.9 Å². The van der Waals surface area contributed by atoms with E-state index in [1.54, 1.807) is 12.1 Å². The Labute approximate surface area is 113 Å². The van der Waals surface area contributed by atoms with Crippen LogP contribution in [0, 0.1) is 6.92 Å². The zero-order valence-electron chi connectivity index (χ0n) is 11.7. The second-order valence-corrected chi connectivity index (χ2v) is 5.56. The molecular formula is C15H20N2O2. The Kier molecular flexibility index (Phi) is 3.74. The summed E-state index contributed by atoms with van der Waals surface area (Å²) in [5.41, 5.74) is 2.60. The molecule has 1 fully saturated rings. The van der Waals surface area contributed by atoms with E-state index in [2.05, 4.69) is 4.99 Å². The molecule has 0 radical (unpaired) electrons. The molecule has 1 saturated carbocycles. The maximum atomic E-state index is 10.7. The normalized spacial score (nSPS) is 16.8. The number of nitrogens with zero attached hydrogens (tertiary/aromatic N) is 2. The first-order valence-corrected chi connectivity index (χ1v) is 6.56. The van der Waals surface area contributed by atoms with Crippen LogP contribution in [-0.4, -0.2) is 30.2 Å². The van der Waals surface area contributed by atoms with Gasteiger partial charge < -0.3 is 10.0 Å². The number of benzene rings is 1. The van der Waals surface area contributed by atoms with Crippen molar-refractivity contribution in [1.82, 2.24) is 4.90 Å². The molecule has 0 spiro atoms. The summed E-state index contributed by atoms with van der Waals surface area (Å²) < 4.78 is 0. The highest BCUT2D eigenvalue weighted by Gasteiger charge is 2.40. The summed E-state index contributed by atoms with van der Waals surface area (Å²) in [5.74, 6) is 0.305. The number of aromatic hydroxyl groups is 1. The molecule has 0 unspecified atom stereocenters. The lowest BCUT2D eigenvalue weighted by atomic mass is 9.70. The van der Waals surface area contributed by atoms with Gasteiger partial charge in [0.15, 0.2) is 0 Å². The summed E-state index contributed by atoms with van der Waals surface area (Å²) in [6.07, 6.45) is 4.56. The van der Waals surface area contributed by atoms with Crippen molar-refractivity contribution in [2.24, 2.45) is 4.99 Å². The SMILES string of the molecule is Cc1c(C2(N=C=O)CCC2)ccc(O)c1CN(C)C. The Morgan fingerprint density at radius 1 is 1.42 bits per heavy atom. The van der Waals surface area contributed by atoms with Gasteiger partial charge in [0.1, 0.15) is 5.75 Å². The average molecular weight is 260 g/mol. The third-order valence-electron chi connectivity index (χ3n) is 3.99. The zero-order chi connectivity index (χ0) is 14.0. The Morgan fingerprint density at radius 2 is 2.11 bits per heavy atom. The highest BCUT2D eigenvalue weighted by Crippen LogP contribution is 2.47. The van der Waals surface area contributed by atoms with Crippen LogP contribution in [0.4, 0.5) is 0 Å². The predicted octanol–water partition coefficient (Wildman–Crippen LogP) is 2.48. The minimum atomic E-state index is -0.402. The Balaban J connectivity index is 2.50. The molecule has 2 rings (SSSR count). The van der Waals surface area contributed by atoms with E-state index in [1.165, 1.54) is 0 Å². The maximum Gasteiger partial charge on any atom is 0.235 e. The molecule has 19 heavy (non-hydrogen) atoms. The molecule has 4 heteroatoms. The fraction of sp³-hybridized carbons (Fsp3) is 0.533. The van der Waals surface area contributed by atoms with E-state index in [0.29, 0.717) is 12.3 Å². The van der Waals surface area contributed by atoms with Gasteiger partial charge in [-0.1, -0.05) is 6.07 Å². The number of aliphatic imine (C=N–C) groups is 1. The number of hydrogen-bond acceptors (Lipinski definition) is 4. The van der Waals surface area contributed by atoms with Crippen molar-refractivity contribution in [3.8, 4) is 5.75 Å². The van der Waals surface area contributed by atoms with E-state index in [1.807, 2.05) is 32.0 Å². The van der Waals surface area contributed by atoms with E-state index in [0.717, 1.165) is 36.0 Å². The van der Waals surface area contributed by atoms with E-state index < -0.39 is 5.54 Å². The summed E-state index contributed by atoms with van der Waals surface area (Å²) >= 11 is 0. The number of carbonyl (C=O) groups excluding carboxylic acids is 1. The highest BCUT2D eigenvalue weighted by molar-refractivity contribution is 5.49. The third-order valence-corrected chi connectivity index (χ3v) is 3.99. The minimum absolute atomic E-state index is 0.305. The van der Waals surface area contributed by atoms with E-state index in [4.69, 9.17) is 0 Å². The standard InChI is InChI=1S/C15H20N2O2/c1-11-12(9-17(2)3)14(19)6-5-13(11)15(16-10-18)7-4-8-15/h5-6,19H,4,7-9H2,1-3H3. The molecule has 0 bridgehead atoms. The molecule has 102 valence electrons. The van der Waals surface area contributed by atoms with Gasteiger partial charge in [-0.05, 0) is 57.5 Å². The number of hydrogen-bond donors (Lipinski definition) is 1. The van der Waals surface area contributed by atoms with Crippen LogP contribution in [0.2, 0.25) is 0 Å². The molecule has 1 aliphatic rings. The molecule has 1 aromatic rings. The Hall–Kier alpha value is -1.64. The lowest BCUT2D eigenvalue weighted by Crippen LogP contribution is -2.33. The van der Waals surface area contributed by atoms with Gasteiger partial charge in [-0.15, -0.1) is 0 Å².